The van der Waals surface area contributed by atoms with Gasteiger partial charge in [0.2, 0.25) is 5.95 Å². The van der Waals surface area contributed by atoms with Gasteiger partial charge in [-0.25, -0.2) is 9.97 Å². The summed E-state index contributed by atoms with van der Waals surface area (Å²) in [5, 5.41) is 0. The van der Waals surface area contributed by atoms with Crippen LogP contribution in [0.25, 0.3) is 11.2 Å². The summed E-state index contributed by atoms with van der Waals surface area (Å²) < 4.78 is 7.48. The maximum atomic E-state index is 5.91. The van der Waals surface area contributed by atoms with Crippen LogP contribution in [0.3, 0.4) is 0 Å². The highest BCUT2D eigenvalue weighted by Crippen LogP contribution is 2.15. The second-order valence-electron chi connectivity index (χ2n) is 4.83. The zero-order valence-electron chi connectivity index (χ0n) is 11.8. The lowest BCUT2D eigenvalue weighted by atomic mass is 10.3. The van der Waals surface area contributed by atoms with Crippen molar-refractivity contribution in [2.24, 2.45) is 0 Å². The minimum atomic E-state index is 0.490. The number of nitrogen functional groups attached to an aromatic ring is 1. The molecule has 0 fully saturated rings. The summed E-state index contributed by atoms with van der Waals surface area (Å²) in [6.45, 7) is 4.87. The number of nitrogens with zero attached hydrogens (tertiary/aromatic N) is 4. The molecule has 0 unspecified atom stereocenters. The number of likely N-dealkylation sites (N-methyl/N-ethyl adjacent to an activating group) is 1. The van der Waals surface area contributed by atoms with E-state index in [0.717, 1.165) is 23.4 Å². The van der Waals surface area contributed by atoms with Crippen LogP contribution in [0, 0.1) is 6.92 Å². The smallest absolute Gasteiger partial charge is 0.202 e. The maximum Gasteiger partial charge on any atom is 0.202 e. The van der Waals surface area contributed by atoms with Crippen molar-refractivity contribution in [3.63, 3.8) is 0 Å². The van der Waals surface area contributed by atoms with Gasteiger partial charge in [-0.15, -0.1) is 0 Å². The predicted molar refractivity (Wildman–Crippen MR) is 76.1 cm³/mol. The maximum absolute atomic E-state index is 5.91. The molecule has 0 bridgehead atoms. The molecule has 19 heavy (non-hydrogen) atoms. The number of aryl methyl sites for hydroxylation is 1. The number of hydrogen-bond acceptors (Lipinski definition) is 5. The molecule has 0 atom stereocenters. The third-order valence-electron chi connectivity index (χ3n) is 2.90. The monoisotopic (exact) mass is 263 g/mol. The molecule has 104 valence electrons. The molecule has 2 heterocycles. The fraction of sp³-hybridized carbons (Fsp3) is 0.538. The van der Waals surface area contributed by atoms with E-state index in [2.05, 4.69) is 14.9 Å². The Morgan fingerprint density at radius 3 is 2.79 bits per heavy atom. The topological polar surface area (TPSA) is 69.2 Å². The molecule has 2 aromatic rings. The summed E-state index contributed by atoms with van der Waals surface area (Å²) in [5.41, 5.74) is 8.53. The molecule has 0 aromatic carbocycles. The summed E-state index contributed by atoms with van der Waals surface area (Å²) >= 11 is 0. The van der Waals surface area contributed by atoms with E-state index in [1.807, 2.05) is 37.7 Å². The lowest BCUT2D eigenvalue weighted by Crippen LogP contribution is -2.19. The van der Waals surface area contributed by atoms with E-state index in [1.54, 1.807) is 0 Å². The number of nitrogens with two attached hydrogens (primary N) is 1. The molecule has 0 aliphatic carbocycles. The van der Waals surface area contributed by atoms with E-state index in [-0.39, 0.29) is 0 Å². The lowest BCUT2D eigenvalue weighted by molar-refractivity contribution is 0.112. The first-order chi connectivity index (χ1) is 9.08. The van der Waals surface area contributed by atoms with Crippen LogP contribution < -0.4 is 5.73 Å². The quantitative estimate of drug-likeness (QED) is 0.784. The fourth-order valence-electron chi connectivity index (χ4n) is 1.84. The van der Waals surface area contributed by atoms with Crippen molar-refractivity contribution in [2.75, 3.05) is 39.6 Å². The lowest BCUT2D eigenvalue weighted by Gasteiger charge is -2.10. The Morgan fingerprint density at radius 1 is 1.26 bits per heavy atom. The third kappa shape index (κ3) is 3.42. The second kappa shape index (κ2) is 5.99. The summed E-state index contributed by atoms with van der Waals surface area (Å²) in [7, 11) is 4.05. The molecule has 0 radical (unpaired) electrons. The Morgan fingerprint density at radius 2 is 2.05 bits per heavy atom. The van der Waals surface area contributed by atoms with Gasteiger partial charge < -0.3 is 15.4 Å². The molecule has 2 rings (SSSR count). The second-order valence-corrected chi connectivity index (χ2v) is 4.83. The fourth-order valence-corrected chi connectivity index (χ4v) is 1.84. The van der Waals surface area contributed by atoms with Crippen LogP contribution in [0.4, 0.5) is 5.95 Å². The standard InChI is InChI=1S/C13H21N5O/c1-10-4-5-11-12(15-10)18(13(14)16-11)7-9-19-8-6-17(2)3/h4-5H,6-9H2,1-3H3,(H2,14,16). The van der Waals surface area contributed by atoms with Crippen molar-refractivity contribution in [1.82, 2.24) is 19.4 Å². The van der Waals surface area contributed by atoms with Gasteiger partial charge in [0.1, 0.15) is 5.52 Å². The number of fused-ring (bicyclic) bond motifs is 1. The summed E-state index contributed by atoms with van der Waals surface area (Å²) in [6, 6.07) is 3.88. The van der Waals surface area contributed by atoms with Crippen LogP contribution in [0.2, 0.25) is 0 Å². The Bertz CT molecular complexity index is 549. The van der Waals surface area contributed by atoms with E-state index >= 15 is 0 Å². The van der Waals surface area contributed by atoms with E-state index in [1.165, 1.54) is 0 Å². The predicted octanol–water partition coefficient (Wildman–Crippen LogP) is 0.900. The van der Waals surface area contributed by atoms with Gasteiger partial charge in [-0.3, -0.25) is 4.57 Å². The van der Waals surface area contributed by atoms with Gasteiger partial charge in [0, 0.05) is 12.2 Å². The van der Waals surface area contributed by atoms with Gasteiger partial charge in [-0.1, -0.05) is 0 Å². The molecule has 0 aliphatic heterocycles. The molecule has 6 heteroatoms. The van der Waals surface area contributed by atoms with Crippen LogP contribution >= 0.6 is 0 Å². The minimum Gasteiger partial charge on any atom is -0.378 e. The first-order valence-corrected chi connectivity index (χ1v) is 6.40. The Kier molecular flexibility index (Phi) is 4.34. The van der Waals surface area contributed by atoms with Crippen LogP contribution in [-0.4, -0.2) is 53.3 Å². The number of hydrogen-bond donors (Lipinski definition) is 1. The van der Waals surface area contributed by atoms with Crippen molar-refractivity contribution in [1.29, 1.82) is 0 Å². The number of ether oxygens (including phenoxy) is 1. The van der Waals surface area contributed by atoms with Crippen LogP contribution in [0.1, 0.15) is 5.69 Å². The van der Waals surface area contributed by atoms with Crippen molar-refractivity contribution in [2.45, 2.75) is 13.5 Å². The van der Waals surface area contributed by atoms with Gasteiger partial charge in [-0.05, 0) is 33.2 Å². The molecule has 2 N–H and O–H groups in total. The van der Waals surface area contributed by atoms with Gasteiger partial charge in [0.05, 0.1) is 19.8 Å². The van der Waals surface area contributed by atoms with Gasteiger partial charge >= 0.3 is 0 Å². The third-order valence-corrected chi connectivity index (χ3v) is 2.90. The highest BCUT2D eigenvalue weighted by molar-refractivity contribution is 5.74. The van der Waals surface area contributed by atoms with Gasteiger partial charge in [-0.2, -0.15) is 0 Å². The Hall–Kier alpha value is -1.66. The summed E-state index contributed by atoms with van der Waals surface area (Å²) in [4.78, 5) is 10.9. The van der Waals surface area contributed by atoms with Crippen molar-refractivity contribution < 1.29 is 4.74 Å². The van der Waals surface area contributed by atoms with Gasteiger partial charge in [0.15, 0.2) is 5.65 Å². The first-order valence-electron chi connectivity index (χ1n) is 6.40. The van der Waals surface area contributed by atoms with E-state index in [4.69, 9.17) is 10.5 Å². The molecule has 0 spiro atoms. The molecule has 0 aliphatic rings. The normalized spacial score (nSPS) is 11.6. The van der Waals surface area contributed by atoms with Gasteiger partial charge in [0.25, 0.3) is 0 Å². The van der Waals surface area contributed by atoms with E-state index < -0.39 is 0 Å². The van der Waals surface area contributed by atoms with E-state index in [9.17, 15) is 0 Å². The van der Waals surface area contributed by atoms with E-state index in [0.29, 0.717) is 25.7 Å². The van der Waals surface area contributed by atoms with Crippen LogP contribution in [0.15, 0.2) is 12.1 Å². The molecule has 0 saturated heterocycles. The average molecular weight is 263 g/mol. The Balaban J connectivity index is 2.00. The zero-order chi connectivity index (χ0) is 13.8. The number of aromatic nitrogens is 3. The van der Waals surface area contributed by atoms with Crippen LogP contribution in [-0.2, 0) is 11.3 Å². The molecule has 2 aromatic heterocycles. The first kappa shape index (κ1) is 13.8. The average Bonchev–Trinajstić information content (AvgIpc) is 2.65. The SMILES string of the molecule is Cc1ccc2nc(N)n(CCOCCN(C)C)c2n1. The molecular weight excluding hydrogens is 242 g/mol. The number of rotatable bonds is 6. The molecule has 0 saturated carbocycles. The highest BCUT2D eigenvalue weighted by Gasteiger charge is 2.09. The number of anilines is 1. The highest BCUT2D eigenvalue weighted by atomic mass is 16.5. The van der Waals surface area contributed by atoms with Crippen molar-refractivity contribution >= 4 is 17.1 Å². The largest absolute Gasteiger partial charge is 0.378 e. The minimum absolute atomic E-state index is 0.490. The summed E-state index contributed by atoms with van der Waals surface area (Å²) in [5.74, 6) is 0.490. The van der Waals surface area contributed by atoms with Crippen molar-refractivity contribution in [3.8, 4) is 0 Å². The molecular formula is C13H21N5O. The molecule has 0 amide bonds. The zero-order valence-corrected chi connectivity index (χ0v) is 11.8. The Labute approximate surface area is 113 Å². The number of imidazole rings is 1. The summed E-state index contributed by atoms with van der Waals surface area (Å²) in [6.07, 6.45) is 0. The number of pyridine rings is 1. The van der Waals surface area contributed by atoms with Crippen LogP contribution in [0.5, 0.6) is 0 Å². The molecule has 6 nitrogen and oxygen atoms in total. The van der Waals surface area contributed by atoms with Crippen molar-refractivity contribution in [3.05, 3.63) is 17.8 Å².